The van der Waals surface area contributed by atoms with Crippen LogP contribution in [0.25, 0.3) is 0 Å². The quantitative estimate of drug-likeness (QED) is 0.804. The zero-order valence-corrected chi connectivity index (χ0v) is 16.3. The molecular formula is C20H28N4O3. The Morgan fingerprint density at radius 1 is 1.33 bits per heavy atom. The van der Waals surface area contributed by atoms with Crippen LogP contribution in [0.15, 0.2) is 28.8 Å². The summed E-state index contributed by atoms with van der Waals surface area (Å²) >= 11 is 0. The lowest BCUT2D eigenvalue weighted by molar-refractivity contribution is -0.120. The second kappa shape index (κ2) is 8.99. The maximum Gasteiger partial charge on any atom is 0.227 e. The first kappa shape index (κ1) is 19.4. The van der Waals surface area contributed by atoms with E-state index < -0.39 is 0 Å². The molecule has 2 aromatic rings. The Bertz CT molecular complexity index is 736. The van der Waals surface area contributed by atoms with E-state index >= 15 is 0 Å². The number of hydrogen-bond donors (Lipinski definition) is 1. The molecule has 0 bridgehead atoms. The molecule has 1 aliphatic heterocycles. The van der Waals surface area contributed by atoms with Crippen molar-refractivity contribution in [1.29, 1.82) is 0 Å². The first-order valence-electron chi connectivity index (χ1n) is 9.49. The first-order valence-corrected chi connectivity index (χ1v) is 9.49. The Labute approximate surface area is 160 Å². The maximum absolute atomic E-state index is 12.3. The van der Waals surface area contributed by atoms with E-state index in [9.17, 15) is 4.79 Å². The Morgan fingerprint density at radius 2 is 2.04 bits per heavy atom. The molecule has 7 nitrogen and oxygen atoms in total. The van der Waals surface area contributed by atoms with Crippen molar-refractivity contribution in [3.8, 4) is 5.75 Å². The zero-order chi connectivity index (χ0) is 19.2. The van der Waals surface area contributed by atoms with Gasteiger partial charge in [0.2, 0.25) is 11.8 Å². The molecule has 1 aromatic carbocycles. The number of hydrogen-bond acceptors (Lipinski definition) is 6. The zero-order valence-electron chi connectivity index (χ0n) is 16.3. The van der Waals surface area contributed by atoms with Gasteiger partial charge in [-0.3, -0.25) is 9.69 Å². The van der Waals surface area contributed by atoms with E-state index in [-0.39, 0.29) is 18.4 Å². The van der Waals surface area contributed by atoms with Crippen molar-refractivity contribution in [2.45, 2.75) is 39.2 Å². The van der Waals surface area contributed by atoms with Gasteiger partial charge in [-0.2, -0.15) is 4.98 Å². The summed E-state index contributed by atoms with van der Waals surface area (Å²) in [5.41, 5.74) is 1.18. The minimum Gasteiger partial charge on any atom is -0.497 e. The van der Waals surface area contributed by atoms with Crippen LogP contribution in [0.1, 0.15) is 43.1 Å². The van der Waals surface area contributed by atoms with Gasteiger partial charge in [0, 0.05) is 13.5 Å². The Morgan fingerprint density at radius 3 is 2.63 bits per heavy atom. The minimum absolute atomic E-state index is 0.0975. The number of ether oxygens (including phenoxy) is 1. The van der Waals surface area contributed by atoms with Gasteiger partial charge in [0.1, 0.15) is 5.75 Å². The van der Waals surface area contributed by atoms with Crippen LogP contribution in [0.3, 0.4) is 0 Å². The third-order valence-electron chi connectivity index (χ3n) is 5.14. The second-order valence-corrected chi connectivity index (χ2v) is 7.22. The molecule has 0 radical (unpaired) electrons. The van der Waals surface area contributed by atoms with Gasteiger partial charge in [0.25, 0.3) is 0 Å². The van der Waals surface area contributed by atoms with Gasteiger partial charge in [-0.05, 0) is 49.5 Å². The van der Waals surface area contributed by atoms with Crippen LogP contribution < -0.4 is 10.1 Å². The largest absolute Gasteiger partial charge is 0.497 e. The van der Waals surface area contributed by atoms with Gasteiger partial charge in [-0.25, -0.2) is 0 Å². The smallest absolute Gasteiger partial charge is 0.227 e. The molecule has 146 valence electrons. The van der Waals surface area contributed by atoms with Crippen molar-refractivity contribution in [2.24, 2.45) is 5.92 Å². The van der Waals surface area contributed by atoms with Crippen LogP contribution in [-0.2, 0) is 11.2 Å². The number of nitrogens with zero attached hydrogens (tertiary/aromatic N) is 3. The molecule has 1 atom stereocenters. The first-order chi connectivity index (χ1) is 13.0. The van der Waals surface area contributed by atoms with Crippen LogP contribution in [0.2, 0.25) is 0 Å². The number of carbonyl (C=O) groups is 1. The molecule has 1 amide bonds. The van der Waals surface area contributed by atoms with Crippen LogP contribution >= 0.6 is 0 Å². The Hall–Kier alpha value is -2.41. The standard InChI is InChI=1S/C20H28N4O3/c1-14-8-10-24(11-9-14)18(16-4-6-17(26-3)7-5-16)13-21-20(25)12-19-22-15(2)27-23-19/h4-7,14,18H,8-13H2,1-3H3,(H,21,25). The number of rotatable bonds is 7. The average Bonchev–Trinajstić information content (AvgIpc) is 3.08. The fourth-order valence-electron chi connectivity index (χ4n) is 3.45. The van der Waals surface area contributed by atoms with Crippen molar-refractivity contribution in [3.63, 3.8) is 0 Å². The lowest BCUT2D eigenvalue weighted by Gasteiger charge is -2.37. The molecule has 0 aliphatic carbocycles. The predicted molar refractivity (Wildman–Crippen MR) is 101 cm³/mol. The van der Waals surface area contributed by atoms with E-state index in [1.54, 1.807) is 14.0 Å². The summed E-state index contributed by atoms with van der Waals surface area (Å²) in [5, 5.41) is 6.83. The minimum atomic E-state index is -0.0975. The fourth-order valence-corrected chi connectivity index (χ4v) is 3.45. The third-order valence-corrected chi connectivity index (χ3v) is 5.14. The molecule has 1 saturated heterocycles. The molecular weight excluding hydrogens is 344 g/mol. The van der Waals surface area contributed by atoms with Crippen LogP contribution in [0, 0.1) is 12.8 Å². The molecule has 1 fully saturated rings. The van der Waals surface area contributed by atoms with E-state index in [0.29, 0.717) is 18.3 Å². The number of benzene rings is 1. The van der Waals surface area contributed by atoms with Crippen LogP contribution in [0.5, 0.6) is 5.75 Å². The van der Waals surface area contributed by atoms with Crippen molar-refractivity contribution in [1.82, 2.24) is 20.4 Å². The van der Waals surface area contributed by atoms with Gasteiger partial charge >= 0.3 is 0 Å². The average molecular weight is 372 g/mol. The fraction of sp³-hybridized carbons (Fsp3) is 0.550. The SMILES string of the molecule is COc1ccc(C(CNC(=O)Cc2noc(C)n2)N2CCC(C)CC2)cc1. The lowest BCUT2D eigenvalue weighted by Crippen LogP contribution is -2.42. The van der Waals surface area contributed by atoms with Crippen molar-refractivity contribution in [3.05, 3.63) is 41.5 Å². The molecule has 27 heavy (non-hydrogen) atoms. The second-order valence-electron chi connectivity index (χ2n) is 7.22. The number of aryl methyl sites for hydroxylation is 1. The highest BCUT2D eigenvalue weighted by Gasteiger charge is 2.25. The summed E-state index contributed by atoms with van der Waals surface area (Å²) in [7, 11) is 1.67. The summed E-state index contributed by atoms with van der Waals surface area (Å²) in [5.74, 6) is 2.38. The van der Waals surface area contributed by atoms with Gasteiger partial charge in [-0.15, -0.1) is 0 Å². The van der Waals surface area contributed by atoms with Crippen molar-refractivity contribution >= 4 is 5.91 Å². The lowest BCUT2D eigenvalue weighted by atomic mass is 9.95. The number of aromatic nitrogens is 2. The summed E-state index contributed by atoms with van der Waals surface area (Å²) < 4.78 is 10.2. The van der Waals surface area contributed by atoms with Crippen molar-refractivity contribution < 1.29 is 14.1 Å². The summed E-state index contributed by atoms with van der Waals surface area (Å²) in [6.45, 7) is 6.64. The van der Waals surface area contributed by atoms with Crippen molar-refractivity contribution in [2.75, 3.05) is 26.7 Å². The normalized spacial score (nSPS) is 16.9. The molecule has 1 aliphatic rings. The molecule has 7 heteroatoms. The van der Waals surface area contributed by atoms with Gasteiger partial charge in [0.15, 0.2) is 5.82 Å². The number of nitrogens with one attached hydrogen (secondary N) is 1. The molecule has 1 N–H and O–H groups in total. The highest BCUT2D eigenvalue weighted by Crippen LogP contribution is 2.27. The third kappa shape index (κ3) is 5.29. The highest BCUT2D eigenvalue weighted by molar-refractivity contribution is 5.77. The topological polar surface area (TPSA) is 80.5 Å². The van der Waals surface area contributed by atoms with Gasteiger partial charge in [0.05, 0.1) is 19.6 Å². The maximum atomic E-state index is 12.3. The van der Waals surface area contributed by atoms with Crippen LogP contribution in [0.4, 0.5) is 0 Å². The van der Waals surface area contributed by atoms with E-state index in [0.717, 1.165) is 24.8 Å². The Balaban J connectivity index is 1.66. The molecule has 1 unspecified atom stereocenters. The highest BCUT2D eigenvalue weighted by atomic mass is 16.5. The summed E-state index contributed by atoms with van der Waals surface area (Å²) in [6.07, 6.45) is 2.50. The van der Waals surface area contributed by atoms with E-state index in [1.807, 2.05) is 12.1 Å². The van der Waals surface area contributed by atoms with E-state index in [1.165, 1.54) is 18.4 Å². The van der Waals surface area contributed by atoms with Crippen LogP contribution in [-0.4, -0.2) is 47.7 Å². The summed E-state index contributed by atoms with van der Waals surface area (Å²) in [6, 6.07) is 8.24. The predicted octanol–water partition coefficient (Wildman–Crippen LogP) is 2.52. The number of carbonyl (C=O) groups excluding carboxylic acids is 1. The Kier molecular flexibility index (Phi) is 6.45. The monoisotopic (exact) mass is 372 g/mol. The number of methoxy groups -OCH3 is 1. The van der Waals surface area contributed by atoms with Gasteiger partial charge < -0.3 is 14.6 Å². The van der Waals surface area contributed by atoms with E-state index in [4.69, 9.17) is 9.26 Å². The molecule has 0 saturated carbocycles. The molecule has 0 spiro atoms. The number of likely N-dealkylation sites (tertiary alicyclic amines) is 1. The molecule has 1 aromatic heterocycles. The van der Waals surface area contributed by atoms with E-state index in [2.05, 4.69) is 39.4 Å². The number of amides is 1. The number of piperidine rings is 1. The summed E-state index contributed by atoms with van der Waals surface area (Å²) in [4.78, 5) is 18.9. The molecule has 3 rings (SSSR count). The van der Waals surface area contributed by atoms with Gasteiger partial charge in [-0.1, -0.05) is 24.2 Å². The molecule has 2 heterocycles.